The molecule has 9 aromatic rings. The first-order valence-corrected chi connectivity index (χ1v) is 20.5. The smallest absolute Gasteiger partial charge is 0.135 e. The van der Waals surface area contributed by atoms with E-state index in [0.717, 1.165) is 55.8 Å². The van der Waals surface area contributed by atoms with Gasteiger partial charge in [-0.05, 0) is 74.7 Å². The van der Waals surface area contributed by atoms with Gasteiger partial charge in [0.15, 0.2) is 0 Å². The molecule has 4 heterocycles. The molecular weight excluding hydrogens is 930 g/mol. The monoisotopic (exact) mass is 971 g/mol. The summed E-state index contributed by atoms with van der Waals surface area (Å²) in [6.45, 7) is 13.5. The van der Waals surface area contributed by atoms with Crippen LogP contribution in [0, 0.1) is 18.8 Å². The van der Waals surface area contributed by atoms with Gasteiger partial charge in [-0.25, -0.2) is 4.98 Å². The molecule has 0 bridgehead atoms. The van der Waals surface area contributed by atoms with Crippen LogP contribution >= 0.6 is 0 Å². The molecule has 6 aromatic carbocycles. The van der Waals surface area contributed by atoms with Crippen LogP contribution in [0.5, 0.6) is 11.5 Å². The van der Waals surface area contributed by atoms with Gasteiger partial charge in [0, 0.05) is 78.0 Å². The summed E-state index contributed by atoms with van der Waals surface area (Å²) in [4.78, 5) is 14.2. The number of anilines is 4. The van der Waals surface area contributed by atoms with E-state index in [2.05, 4.69) is 201 Å². The Bertz CT molecular complexity index is 3150. The molecule has 0 radical (unpaired) electrons. The molecule has 2 aliphatic rings. The second-order valence-corrected chi connectivity index (χ2v) is 17.2. The summed E-state index contributed by atoms with van der Waals surface area (Å²) in [6, 6.07) is 58.4. The molecule has 11 rings (SSSR count). The SMILES string of the molecule is CC(C)(C)c1ccnc(-n2c3[c-]c(Oc4[c-]c(N5[CH-]N(c6c(-c7ccccc7)ccc7c6-c6ccccc6C7(C)C)c6ccccc65)ncc4)ccc3c3ccccc32)c1.[Pt]. The summed E-state index contributed by atoms with van der Waals surface area (Å²) in [5.41, 5.74) is 13.7. The minimum Gasteiger partial charge on any atom is -0.521 e. The van der Waals surface area contributed by atoms with E-state index in [-0.39, 0.29) is 31.9 Å². The number of fused-ring (bicyclic) bond motifs is 7. The summed E-state index contributed by atoms with van der Waals surface area (Å²) >= 11 is 0. The number of para-hydroxylation sites is 3. The van der Waals surface area contributed by atoms with Crippen LogP contribution in [-0.2, 0) is 31.9 Å². The van der Waals surface area contributed by atoms with Crippen molar-refractivity contribution in [1.29, 1.82) is 0 Å². The summed E-state index contributed by atoms with van der Waals surface area (Å²) in [5.74, 6) is 2.58. The van der Waals surface area contributed by atoms with Crippen LogP contribution in [0.25, 0.3) is 49.9 Å². The fraction of sp³-hybridized carbons (Fsp3) is 0.130. The Hall–Kier alpha value is -6.49. The molecule has 3 aromatic heterocycles. The van der Waals surface area contributed by atoms with Gasteiger partial charge in [0.1, 0.15) is 5.82 Å². The summed E-state index contributed by atoms with van der Waals surface area (Å²) in [7, 11) is 0. The maximum atomic E-state index is 6.61. The van der Waals surface area contributed by atoms with E-state index in [1.54, 1.807) is 6.20 Å². The van der Waals surface area contributed by atoms with Gasteiger partial charge < -0.3 is 19.1 Å². The minimum absolute atomic E-state index is 0. The largest absolute Gasteiger partial charge is 0.521 e. The van der Waals surface area contributed by atoms with Crippen LogP contribution in [0.15, 0.2) is 158 Å². The first-order valence-electron chi connectivity index (χ1n) is 20.5. The van der Waals surface area contributed by atoms with Crippen molar-refractivity contribution in [3.63, 3.8) is 0 Å². The Morgan fingerprint density at radius 1 is 0.623 bits per heavy atom. The van der Waals surface area contributed by atoms with Crippen molar-refractivity contribution >= 4 is 44.7 Å². The van der Waals surface area contributed by atoms with E-state index in [1.807, 2.05) is 18.3 Å². The van der Waals surface area contributed by atoms with Crippen molar-refractivity contribution in [2.24, 2.45) is 0 Å². The Morgan fingerprint density at radius 2 is 1.33 bits per heavy atom. The fourth-order valence-electron chi connectivity index (χ4n) is 9.17. The van der Waals surface area contributed by atoms with Crippen LogP contribution in [0.1, 0.15) is 51.3 Å². The van der Waals surface area contributed by atoms with Crippen LogP contribution in [-0.4, -0.2) is 14.5 Å². The van der Waals surface area contributed by atoms with Crippen molar-refractivity contribution in [2.45, 2.75) is 45.4 Å². The molecule has 1 aliphatic carbocycles. The average Bonchev–Trinajstić information content (AvgIpc) is 3.89. The second kappa shape index (κ2) is 14.6. The van der Waals surface area contributed by atoms with Crippen molar-refractivity contribution in [2.75, 3.05) is 9.80 Å². The van der Waals surface area contributed by atoms with E-state index in [4.69, 9.17) is 14.7 Å². The molecule has 6 nitrogen and oxygen atoms in total. The van der Waals surface area contributed by atoms with Crippen LogP contribution < -0.4 is 14.5 Å². The van der Waals surface area contributed by atoms with E-state index >= 15 is 0 Å². The molecule has 0 atom stereocenters. The molecule has 1 aliphatic heterocycles. The molecule has 7 heteroatoms. The van der Waals surface area contributed by atoms with Crippen LogP contribution in [0.3, 0.4) is 0 Å². The number of ether oxygens (including phenoxy) is 1. The standard InChI is InChI=1S/C54H42N5O.Pt/c1-53(2,3)36-27-29-56-50(31-36)59-45-20-12-10-17-40(45)41-24-23-37(32-48(41)59)60-38-28-30-55-49(33-38)57-34-58(47-22-14-13-21-46(47)57)52-39(35-15-7-6-8-16-35)25-26-44-51(52)42-18-9-11-19-43(42)54(44,4)5;/h6-31,34H,1-5H3;/q-3;. The zero-order chi connectivity index (χ0) is 40.8. The van der Waals surface area contributed by atoms with Gasteiger partial charge in [-0.1, -0.05) is 143 Å². The van der Waals surface area contributed by atoms with E-state index in [9.17, 15) is 0 Å². The molecule has 0 unspecified atom stereocenters. The quantitative estimate of drug-likeness (QED) is 0.155. The van der Waals surface area contributed by atoms with Gasteiger partial charge in [0.2, 0.25) is 0 Å². The van der Waals surface area contributed by atoms with Gasteiger partial charge in [-0.2, -0.15) is 18.2 Å². The van der Waals surface area contributed by atoms with E-state index in [0.29, 0.717) is 17.3 Å². The van der Waals surface area contributed by atoms with Crippen molar-refractivity contribution in [1.82, 2.24) is 14.5 Å². The third-order valence-electron chi connectivity index (χ3n) is 12.2. The molecule has 0 saturated carbocycles. The number of hydrogen-bond acceptors (Lipinski definition) is 5. The summed E-state index contributed by atoms with van der Waals surface area (Å²) in [5, 5.41) is 2.22. The number of pyridine rings is 2. The van der Waals surface area contributed by atoms with Crippen LogP contribution in [0.4, 0.5) is 22.9 Å². The summed E-state index contributed by atoms with van der Waals surface area (Å²) in [6.07, 6.45) is 3.68. The predicted molar refractivity (Wildman–Crippen MR) is 244 cm³/mol. The Kier molecular flexibility index (Phi) is 9.26. The molecule has 0 saturated heterocycles. The Morgan fingerprint density at radius 3 is 2.15 bits per heavy atom. The zero-order valence-electron chi connectivity index (χ0n) is 34.5. The van der Waals surface area contributed by atoms with Crippen molar-refractivity contribution in [3.8, 4) is 39.6 Å². The number of aromatic nitrogens is 3. The Labute approximate surface area is 371 Å². The number of nitrogens with zero attached hydrogens (tertiary/aromatic N) is 5. The van der Waals surface area contributed by atoms with Gasteiger partial charge in [0.05, 0.1) is 0 Å². The molecule has 61 heavy (non-hydrogen) atoms. The molecular formula is C54H42N5OPt-3. The first-order chi connectivity index (χ1) is 29.1. The van der Waals surface area contributed by atoms with Gasteiger partial charge in [0.25, 0.3) is 0 Å². The van der Waals surface area contributed by atoms with E-state index in [1.165, 1.54) is 27.8 Å². The third kappa shape index (κ3) is 6.27. The minimum atomic E-state index is -0.156. The van der Waals surface area contributed by atoms with Crippen molar-refractivity contribution < 1.29 is 25.8 Å². The van der Waals surface area contributed by atoms with Crippen LogP contribution in [0.2, 0.25) is 0 Å². The molecule has 0 fully saturated rings. The second-order valence-electron chi connectivity index (χ2n) is 17.2. The summed E-state index contributed by atoms with van der Waals surface area (Å²) < 4.78 is 8.79. The van der Waals surface area contributed by atoms with E-state index < -0.39 is 0 Å². The predicted octanol–water partition coefficient (Wildman–Crippen LogP) is 13.6. The van der Waals surface area contributed by atoms with Gasteiger partial charge >= 0.3 is 0 Å². The fourth-order valence-corrected chi connectivity index (χ4v) is 9.17. The molecule has 0 amide bonds. The average molecular weight is 972 g/mol. The maximum absolute atomic E-state index is 6.61. The first kappa shape index (κ1) is 38.7. The van der Waals surface area contributed by atoms with Gasteiger partial charge in [-0.15, -0.1) is 24.2 Å². The molecule has 0 N–H and O–H groups in total. The third-order valence-corrected chi connectivity index (χ3v) is 12.2. The number of rotatable bonds is 6. The maximum Gasteiger partial charge on any atom is 0.135 e. The number of hydrogen-bond donors (Lipinski definition) is 0. The Balaban J connectivity index is 0.00000445. The normalized spacial score (nSPS) is 13.9. The topological polar surface area (TPSA) is 46.4 Å². The van der Waals surface area contributed by atoms with Gasteiger partial charge in [-0.3, -0.25) is 4.98 Å². The van der Waals surface area contributed by atoms with Crippen molar-refractivity contribution in [3.05, 3.63) is 193 Å². The molecule has 302 valence electrons. The number of benzene rings is 6. The molecule has 0 spiro atoms. The zero-order valence-corrected chi connectivity index (χ0v) is 36.8.